The van der Waals surface area contributed by atoms with Crippen molar-refractivity contribution in [2.24, 2.45) is 5.92 Å². The number of halogens is 3. The Labute approximate surface area is 75.4 Å². The minimum Gasteiger partial charge on any atom is -0.166 e. The Balaban J connectivity index is 3.09. The second kappa shape index (κ2) is 3.40. The van der Waals surface area contributed by atoms with Crippen LogP contribution in [0.5, 0.6) is 0 Å². The summed E-state index contributed by atoms with van der Waals surface area (Å²) in [6.45, 7) is 6.79. The van der Waals surface area contributed by atoms with Crippen LogP contribution >= 0.6 is 0 Å². The summed E-state index contributed by atoms with van der Waals surface area (Å²) in [5, 5.41) is 0. The first-order valence-electron chi connectivity index (χ1n) is 4.06. The molecule has 3 heteroatoms. The zero-order valence-electron chi connectivity index (χ0n) is 7.19. The number of alkyl halides is 3. The van der Waals surface area contributed by atoms with Crippen molar-refractivity contribution >= 4 is 0 Å². The predicted molar refractivity (Wildman–Crippen MR) is 46.2 cm³/mol. The lowest BCUT2D eigenvalue weighted by molar-refractivity contribution is -0.0965. The van der Waals surface area contributed by atoms with Crippen LogP contribution in [-0.2, 0) is 0 Å². The molecule has 1 rings (SSSR count). The van der Waals surface area contributed by atoms with Crippen molar-refractivity contribution in [1.82, 2.24) is 0 Å². The van der Waals surface area contributed by atoms with Crippen LogP contribution < -0.4 is 0 Å². The van der Waals surface area contributed by atoms with Crippen molar-refractivity contribution in [3.8, 4) is 0 Å². The first-order chi connectivity index (χ1) is 6.00. The van der Waals surface area contributed by atoms with Crippen LogP contribution in [0.1, 0.15) is 12.8 Å². The lowest BCUT2D eigenvalue weighted by atomic mass is 10.0. The molecule has 0 nitrogen and oxygen atoms in total. The molecule has 13 heavy (non-hydrogen) atoms. The number of allylic oxidation sites excluding steroid dienone is 4. The van der Waals surface area contributed by atoms with Crippen molar-refractivity contribution < 1.29 is 13.2 Å². The van der Waals surface area contributed by atoms with E-state index in [1.54, 1.807) is 0 Å². The third-order valence-corrected chi connectivity index (χ3v) is 2.28. The summed E-state index contributed by atoms with van der Waals surface area (Å²) < 4.78 is 37.4. The zero-order chi connectivity index (χ0) is 10.1. The fraction of sp³-hybridized carbons (Fsp3) is 0.400. The van der Waals surface area contributed by atoms with E-state index in [9.17, 15) is 13.2 Å². The molecule has 0 saturated carbocycles. The summed E-state index contributed by atoms with van der Waals surface area (Å²) in [4.78, 5) is 0. The molecule has 1 unspecified atom stereocenters. The topological polar surface area (TPSA) is 0 Å². The van der Waals surface area contributed by atoms with E-state index < -0.39 is 17.7 Å². The van der Waals surface area contributed by atoms with Gasteiger partial charge >= 0.3 is 6.18 Å². The predicted octanol–water partition coefficient (Wildman–Crippen LogP) is 3.63. The van der Waals surface area contributed by atoms with Crippen LogP contribution in [-0.4, -0.2) is 6.18 Å². The molecule has 0 heterocycles. The van der Waals surface area contributed by atoms with Gasteiger partial charge < -0.3 is 0 Å². The highest BCUT2D eigenvalue weighted by Gasteiger charge is 2.41. The SMILES string of the molecule is C=CC1=C(C(F)(F)F)C(C=C)CC1. The van der Waals surface area contributed by atoms with E-state index in [4.69, 9.17) is 0 Å². The molecule has 0 aromatic heterocycles. The van der Waals surface area contributed by atoms with Crippen molar-refractivity contribution in [2.75, 3.05) is 0 Å². The Morgan fingerprint density at radius 3 is 2.31 bits per heavy atom. The highest BCUT2D eigenvalue weighted by Crippen LogP contribution is 2.43. The van der Waals surface area contributed by atoms with Crippen molar-refractivity contribution in [3.05, 3.63) is 36.5 Å². The molecule has 1 aliphatic rings. The standard InChI is InChI=1S/C10H11F3/c1-3-7-5-6-8(4-2)9(7)10(11,12)13/h3-4,7H,1-2,5-6H2. The fourth-order valence-corrected chi connectivity index (χ4v) is 1.67. The molecule has 0 radical (unpaired) electrons. The fourth-order valence-electron chi connectivity index (χ4n) is 1.67. The summed E-state index contributed by atoms with van der Waals surface area (Å²) in [6.07, 6.45) is -0.626. The molecular formula is C10H11F3. The van der Waals surface area contributed by atoms with E-state index in [-0.39, 0.29) is 0 Å². The van der Waals surface area contributed by atoms with Gasteiger partial charge in [-0.25, -0.2) is 0 Å². The van der Waals surface area contributed by atoms with Crippen LogP contribution in [0.25, 0.3) is 0 Å². The quantitative estimate of drug-likeness (QED) is 0.580. The molecule has 0 aliphatic heterocycles. The lowest BCUT2D eigenvalue weighted by Gasteiger charge is -2.14. The molecule has 0 N–H and O–H groups in total. The summed E-state index contributed by atoms with van der Waals surface area (Å²) in [7, 11) is 0. The van der Waals surface area contributed by atoms with Gasteiger partial charge in [0.2, 0.25) is 0 Å². The molecule has 1 aliphatic carbocycles. The molecule has 0 fully saturated rings. The van der Waals surface area contributed by atoms with E-state index in [1.807, 2.05) is 0 Å². The van der Waals surface area contributed by atoms with Gasteiger partial charge in [0.25, 0.3) is 0 Å². The molecule has 0 aromatic rings. The maximum Gasteiger partial charge on any atom is 0.413 e. The van der Waals surface area contributed by atoms with Gasteiger partial charge in [0.05, 0.1) is 0 Å². The van der Waals surface area contributed by atoms with Crippen LogP contribution in [0.15, 0.2) is 36.5 Å². The molecule has 0 aromatic carbocycles. The average molecular weight is 188 g/mol. The Morgan fingerprint density at radius 1 is 1.31 bits per heavy atom. The molecule has 72 valence electrons. The molecule has 0 bridgehead atoms. The first kappa shape index (κ1) is 10.1. The number of hydrogen-bond acceptors (Lipinski definition) is 0. The Hall–Kier alpha value is -0.990. The van der Waals surface area contributed by atoms with Crippen molar-refractivity contribution in [1.29, 1.82) is 0 Å². The van der Waals surface area contributed by atoms with Gasteiger partial charge in [-0.05, 0) is 18.4 Å². The average Bonchev–Trinajstić information content (AvgIpc) is 2.45. The second-order valence-electron chi connectivity index (χ2n) is 3.02. The lowest BCUT2D eigenvalue weighted by Crippen LogP contribution is -2.16. The van der Waals surface area contributed by atoms with Gasteiger partial charge in [-0.1, -0.05) is 18.7 Å². The maximum absolute atomic E-state index is 12.5. The summed E-state index contributed by atoms with van der Waals surface area (Å²) >= 11 is 0. The third-order valence-electron chi connectivity index (χ3n) is 2.28. The summed E-state index contributed by atoms with van der Waals surface area (Å²) in [5.74, 6) is -0.548. The van der Waals surface area contributed by atoms with E-state index in [1.165, 1.54) is 12.2 Å². The first-order valence-corrected chi connectivity index (χ1v) is 4.06. The van der Waals surface area contributed by atoms with E-state index in [2.05, 4.69) is 13.2 Å². The zero-order valence-corrected chi connectivity index (χ0v) is 7.19. The Bertz CT molecular complexity index is 258. The largest absolute Gasteiger partial charge is 0.413 e. The van der Waals surface area contributed by atoms with Crippen LogP contribution in [0.3, 0.4) is 0 Å². The van der Waals surface area contributed by atoms with Crippen molar-refractivity contribution in [2.45, 2.75) is 19.0 Å². The molecule has 0 amide bonds. The maximum atomic E-state index is 12.5. The molecule has 1 atom stereocenters. The van der Waals surface area contributed by atoms with Gasteiger partial charge in [-0.2, -0.15) is 13.2 Å². The molecule has 0 spiro atoms. The van der Waals surface area contributed by atoms with Crippen LogP contribution in [0.2, 0.25) is 0 Å². The van der Waals surface area contributed by atoms with Gasteiger partial charge in [0, 0.05) is 11.5 Å². The highest BCUT2D eigenvalue weighted by atomic mass is 19.4. The van der Waals surface area contributed by atoms with Gasteiger partial charge in [0.15, 0.2) is 0 Å². The van der Waals surface area contributed by atoms with E-state index >= 15 is 0 Å². The normalized spacial score (nSPS) is 23.5. The van der Waals surface area contributed by atoms with Crippen LogP contribution in [0, 0.1) is 5.92 Å². The second-order valence-corrected chi connectivity index (χ2v) is 3.02. The number of rotatable bonds is 2. The molecule has 0 saturated heterocycles. The number of hydrogen-bond donors (Lipinski definition) is 0. The van der Waals surface area contributed by atoms with E-state index in [0.717, 1.165) is 0 Å². The van der Waals surface area contributed by atoms with Gasteiger partial charge in [-0.15, -0.1) is 6.58 Å². The monoisotopic (exact) mass is 188 g/mol. The van der Waals surface area contributed by atoms with Gasteiger partial charge in [0.1, 0.15) is 0 Å². The third kappa shape index (κ3) is 1.85. The molecular weight excluding hydrogens is 177 g/mol. The highest BCUT2D eigenvalue weighted by molar-refractivity contribution is 5.35. The smallest absolute Gasteiger partial charge is 0.166 e. The van der Waals surface area contributed by atoms with Crippen LogP contribution in [0.4, 0.5) is 13.2 Å². The van der Waals surface area contributed by atoms with Crippen molar-refractivity contribution in [3.63, 3.8) is 0 Å². The Morgan fingerprint density at radius 2 is 1.92 bits per heavy atom. The summed E-state index contributed by atoms with van der Waals surface area (Å²) in [6, 6.07) is 0. The Kier molecular flexibility index (Phi) is 2.64. The summed E-state index contributed by atoms with van der Waals surface area (Å²) in [5.41, 5.74) is -0.144. The minimum atomic E-state index is -4.24. The van der Waals surface area contributed by atoms with Gasteiger partial charge in [-0.3, -0.25) is 0 Å². The van der Waals surface area contributed by atoms with E-state index in [0.29, 0.717) is 18.4 Å². The minimum absolute atomic E-state index is 0.317.